The second kappa shape index (κ2) is 9.82. The third-order valence-corrected chi connectivity index (χ3v) is 10.0. The van der Waals surface area contributed by atoms with E-state index in [0.29, 0.717) is 11.4 Å². The lowest BCUT2D eigenvalue weighted by atomic mass is 9.33. The first-order chi connectivity index (χ1) is 23.4. The quantitative estimate of drug-likeness (QED) is 0.179. The minimum atomic E-state index is -0.314. The van der Waals surface area contributed by atoms with Gasteiger partial charge in [0.05, 0.1) is 11.4 Å². The maximum absolute atomic E-state index is 16.1. The van der Waals surface area contributed by atoms with Crippen molar-refractivity contribution in [1.82, 2.24) is 0 Å². The summed E-state index contributed by atoms with van der Waals surface area (Å²) in [5, 5.41) is 4.21. The molecule has 0 N–H and O–H groups in total. The number of para-hydroxylation sites is 1. The van der Waals surface area contributed by atoms with Gasteiger partial charge in [0.25, 0.3) is 6.71 Å². The van der Waals surface area contributed by atoms with Crippen LogP contribution in [0.25, 0.3) is 32.7 Å². The van der Waals surface area contributed by atoms with Crippen molar-refractivity contribution in [3.05, 3.63) is 150 Å². The molecule has 10 rings (SSSR count). The molecule has 0 radical (unpaired) electrons. The van der Waals surface area contributed by atoms with E-state index < -0.39 is 0 Å². The monoisotopic (exact) mass is 624 g/mol. The maximum Gasteiger partial charge on any atom is 0.252 e. The number of fused-ring (bicyclic) bond motifs is 8. The Morgan fingerprint density at radius 2 is 1.06 bits per heavy atom. The minimum Gasteiger partial charge on any atom is -0.456 e. The van der Waals surface area contributed by atoms with Crippen molar-refractivity contribution >= 4 is 89.9 Å². The predicted molar refractivity (Wildman–Crippen MR) is 195 cm³/mol. The number of benzene rings is 7. The van der Waals surface area contributed by atoms with Crippen molar-refractivity contribution in [3.8, 4) is 0 Å². The molecule has 0 unspecified atom stereocenters. The summed E-state index contributed by atoms with van der Waals surface area (Å²) in [6.07, 6.45) is 0. The summed E-state index contributed by atoms with van der Waals surface area (Å²) in [5.41, 5.74) is 10.7. The van der Waals surface area contributed by atoms with Crippen molar-refractivity contribution in [3.63, 3.8) is 0 Å². The Kier molecular flexibility index (Phi) is 5.57. The maximum atomic E-state index is 16.1. The van der Waals surface area contributed by atoms with Crippen LogP contribution in [-0.4, -0.2) is 6.71 Å². The van der Waals surface area contributed by atoms with Crippen LogP contribution in [-0.2, 0) is 0 Å². The van der Waals surface area contributed by atoms with E-state index in [2.05, 4.69) is 48.5 Å². The fourth-order valence-electron chi connectivity index (χ4n) is 7.94. The molecule has 2 aliphatic heterocycles. The molecule has 0 fully saturated rings. The molecule has 228 valence electrons. The molecule has 6 heteroatoms. The first-order valence-electron chi connectivity index (χ1n) is 16.2. The first-order valence-corrected chi connectivity index (χ1v) is 16.2. The van der Waals surface area contributed by atoms with Crippen LogP contribution in [0, 0.1) is 25.5 Å². The second-order valence-electron chi connectivity index (χ2n) is 13.0. The fraction of sp³-hybridized carbons (Fsp3) is 0.0476. The molecule has 1 aromatic heterocycles. The van der Waals surface area contributed by atoms with E-state index in [4.69, 9.17) is 4.42 Å². The number of rotatable bonds is 2. The lowest BCUT2D eigenvalue weighted by molar-refractivity contribution is 0.627. The lowest BCUT2D eigenvalue weighted by Gasteiger charge is -2.44. The third kappa shape index (κ3) is 3.74. The van der Waals surface area contributed by atoms with Crippen molar-refractivity contribution in [1.29, 1.82) is 0 Å². The molecule has 3 nitrogen and oxygen atoms in total. The molecule has 7 aromatic carbocycles. The molecule has 8 aromatic rings. The lowest BCUT2D eigenvalue weighted by Crippen LogP contribution is -2.61. The normalized spacial score (nSPS) is 13.3. The van der Waals surface area contributed by atoms with E-state index >= 15 is 8.78 Å². The molecule has 3 heterocycles. The Hall–Kier alpha value is -5.88. The van der Waals surface area contributed by atoms with Crippen molar-refractivity contribution < 1.29 is 13.2 Å². The van der Waals surface area contributed by atoms with Gasteiger partial charge in [-0.1, -0.05) is 72.8 Å². The molecule has 48 heavy (non-hydrogen) atoms. The Morgan fingerprint density at radius 3 is 1.73 bits per heavy atom. The van der Waals surface area contributed by atoms with Gasteiger partial charge in [0.1, 0.15) is 22.8 Å². The van der Waals surface area contributed by atoms with Crippen LogP contribution < -0.4 is 26.2 Å². The topological polar surface area (TPSA) is 19.6 Å². The van der Waals surface area contributed by atoms with Crippen molar-refractivity contribution in [2.45, 2.75) is 13.8 Å². The number of anilines is 6. The first kappa shape index (κ1) is 27.3. The number of hydrogen-bond donors (Lipinski definition) is 0. The van der Waals surface area contributed by atoms with E-state index in [-0.39, 0.29) is 18.3 Å². The van der Waals surface area contributed by atoms with Crippen LogP contribution in [0.5, 0.6) is 0 Å². The molecular weight excluding hydrogens is 597 g/mol. The fourth-order valence-corrected chi connectivity index (χ4v) is 7.94. The molecule has 2 aliphatic rings. The van der Waals surface area contributed by atoms with Gasteiger partial charge in [0.15, 0.2) is 0 Å². The molecule has 0 spiro atoms. The van der Waals surface area contributed by atoms with Gasteiger partial charge in [-0.15, -0.1) is 0 Å². The van der Waals surface area contributed by atoms with Gasteiger partial charge in [0.2, 0.25) is 0 Å². The number of nitrogens with zero attached hydrogens (tertiary/aromatic N) is 2. The summed E-state index contributed by atoms with van der Waals surface area (Å²) < 4.78 is 38.6. The van der Waals surface area contributed by atoms with E-state index in [0.717, 1.165) is 83.0 Å². The molecule has 0 aliphatic carbocycles. The Balaban J connectivity index is 1.36. The molecule has 0 saturated heterocycles. The van der Waals surface area contributed by atoms with Gasteiger partial charge >= 0.3 is 0 Å². The highest BCUT2D eigenvalue weighted by molar-refractivity contribution is 7.00. The molecule has 0 amide bonds. The zero-order chi connectivity index (χ0) is 32.3. The average Bonchev–Trinajstić information content (AvgIpc) is 3.45. The summed E-state index contributed by atoms with van der Waals surface area (Å²) in [6.45, 7) is 3.58. The zero-order valence-corrected chi connectivity index (χ0v) is 26.3. The highest BCUT2D eigenvalue weighted by Crippen LogP contribution is 2.46. The van der Waals surface area contributed by atoms with Crippen LogP contribution in [0.1, 0.15) is 11.1 Å². The highest BCUT2D eigenvalue weighted by Gasteiger charge is 2.44. The molecule has 0 bridgehead atoms. The third-order valence-electron chi connectivity index (χ3n) is 10.0. The highest BCUT2D eigenvalue weighted by atomic mass is 19.1. The van der Waals surface area contributed by atoms with Gasteiger partial charge in [0, 0.05) is 39.6 Å². The Labute approximate surface area is 276 Å². The number of halogens is 2. The second-order valence-corrected chi connectivity index (χ2v) is 13.0. The van der Waals surface area contributed by atoms with Gasteiger partial charge < -0.3 is 14.2 Å². The van der Waals surface area contributed by atoms with Crippen LogP contribution >= 0.6 is 0 Å². The predicted octanol–water partition coefficient (Wildman–Crippen LogP) is 9.72. The largest absolute Gasteiger partial charge is 0.456 e. The number of hydrogen-bond acceptors (Lipinski definition) is 3. The minimum absolute atomic E-state index is 0.210. The molecular formula is C42H27BF2N2O. The zero-order valence-electron chi connectivity index (χ0n) is 26.3. The standard InChI is InChI=1S/C42H27BF2N2O/c1-24-14-16-34(32(44)18-24)46-36-11-7-12-37-42(36)43(30-20-26-8-3-4-9-27(26)21-38(30)46)31-22-29-28-10-5-6-13-40(28)48-41(29)23-39(31)47(37)35-17-15-25(2)19-33(35)45/h3-23H,1-2H3. The van der Waals surface area contributed by atoms with Crippen LogP contribution in [0.3, 0.4) is 0 Å². The van der Waals surface area contributed by atoms with E-state index in [1.54, 1.807) is 12.1 Å². The summed E-state index contributed by atoms with van der Waals surface area (Å²) in [4.78, 5) is 4.06. The van der Waals surface area contributed by atoms with E-state index in [9.17, 15) is 0 Å². The van der Waals surface area contributed by atoms with Crippen molar-refractivity contribution in [2.24, 2.45) is 0 Å². The van der Waals surface area contributed by atoms with Gasteiger partial charge in [-0.05, 0) is 101 Å². The molecule has 0 saturated carbocycles. The summed E-state index contributed by atoms with van der Waals surface area (Å²) in [6, 6.07) is 41.9. The smallest absolute Gasteiger partial charge is 0.252 e. The van der Waals surface area contributed by atoms with Crippen LogP contribution in [0.4, 0.5) is 42.9 Å². The SMILES string of the molecule is Cc1ccc(N2c3cc4ccccc4cc3B3c4cc5c(cc4N(c4ccc(C)cc4F)c4cccc2c43)oc2ccccc25)c(F)c1. The summed E-state index contributed by atoms with van der Waals surface area (Å²) in [5.74, 6) is -0.611. The summed E-state index contributed by atoms with van der Waals surface area (Å²) >= 11 is 0. The van der Waals surface area contributed by atoms with Crippen molar-refractivity contribution in [2.75, 3.05) is 9.80 Å². The van der Waals surface area contributed by atoms with E-state index in [1.807, 2.05) is 90.4 Å². The van der Waals surface area contributed by atoms with Gasteiger partial charge in [-0.2, -0.15) is 0 Å². The van der Waals surface area contributed by atoms with Gasteiger partial charge in [-0.25, -0.2) is 8.78 Å². The van der Waals surface area contributed by atoms with Crippen LogP contribution in [0.2, 0.25) is 0 Å². The average molecular weight is 624 g/mol. The Bertz CT molecular complexity index is 2660. The number of furan rings is 1. The molecule has 0 atom stereocenters. The Morgan fingerprint density at radius 1 is 0.479 bits per heavy atom. The van der Waals surface area contributed by atoms with E-state index in [1.165, 1.54) is 0 Å². The number of aryl methyl sites for hydroxylation is 2. The van der Waals surface area contributed by atoms with Gasteiger partial charge in [-0.3, -0.25) is 0 Å². The van der Waals surface area contributed by atoms with Crippen LogP contribution in [0.15, 0.2) is 132 Å². The summed E-state index contributed by atoms with van der Waals surface area (Å²) in [7, 11) is 0.